The highest BCUT2D eigenvalue weighted by Crippen LogP contribution is 2.17. The highest BCUT2D eigenvalue weighted by atomic mass is 16.4. The van der Waals surface area contributed by atoms with Crippen molar-refractivity contribution < 1.29 is 9.90 Å². The second kappa shape index (κ2) is 4.35. The van der Waals surface area contributed by atoms with Crippen molar-refractivity contribution in [3.8, 4) is 0 Å². The van der Waals surface area contributed by atoms with Crippen molar-refractivity contribution in [2.75, 3.05) is 5.32 Å². The molecule has 0 bridgehead atoms. The van der Waals surface area contributed by atoms with Crippen LogP contribution in [0.5, 0.6) is 0 Å². The number of aromatic carboxylic acids is 1. The van der Waals surface area contributed by atoms with Crippen LogP contribution < -0.4 is 5.32 Å². The molecule has 4 heteroatoms. The summed E-state index contributed by atoms with van der Waals surface area (Å²) in [6, 6.07) is 3.49. The average molecular weight is 218 g/mol. The Morgan fingerprint density at radius 2 is 2.12 bits per heavy atom. The number of rotatable bonds is 3. The number of carbonyl (C=O) groups is 1. The van der Waals surface area contributed by atoms with E-state index in [9.17, 15) is 4.79 Å². The molecule has 1 aromatic heterocycles. The van der Waals surface area contributed by atoms with E-state index in [2.05, 4.69) is 22.5 Å². The van der Waals surface area contributed by atoms with E-state index < -0.39 is 5.97 Å². The zero-order valence-electron chi connectivity index (χ0n) is 9.10. The number of anilines is 1. The average Bonchev–Trinajstić information content (AvgIpc) is 2.69. The maximum atomic E-state index is 10.9. The molecule has 0 unspecified atom stereocenters. The number of hydrogen-bond donors (Lipinski definition) is 2. The van der Waals surface area contributed by atoms with E-state index in [-0.39, 0.29) is 5.56 Å². The number of carboxylic acids is 1. The van der Waals surface area contributed by atoms with E-state index >= 15 is 0 Å². The van der Waals surface area contributed by atoms with Crippen molar-refractivity contribution in [2.24, 2.45) is 0 Å². The molecule has 16 heavy (non-hydrogen) atoms. The van der Waals surface area contributed by atoms with Gasteiger partial charge in [0.2, 0.25) is 0 Å². The molecule has 84 valence electrons. The summed E-state index contributed by atoms with van der Waals surface area (Å²) in [7, 11) is 0. The van der Waals surface area contributed by atoms with E-state index in [0.29, 0.717) is 17.6 Å². The lowest BCUT2D eigenvalue weighted by Crippen LogP contribution is -2.16. The van der Waals surface area contributed by atoms with E-state index in [0.717, 1.165) is 12.8 Å². The minimum atomic E-state index is -0.918. The Labute approximate surface area is 94.0 Å². The van der Waals surface area contributed by atoms with Gasteiger partial charge in [0.1, 0.15) is 5.82 Å². The van der Waals surface area contributed by atoms with E-state index in [1.807, 2.05) is 0 Å². The zero-order chi connectivity index (χ0) is 11.5. The van der Waals surface area contributed by atoms with Crippen LogP contribution in [0.2, 0.25) is 0 Å². The van der Waals surface area contributed by atoms with Crippen LogP contribution in [0, 0.1) is 6.92 Å². The van der Waals surface area contributed by atoms with Crippen LogP contribution in [-0.4, -0.2) is 22.1 Å². The van der Waals surface area contributed by atoms with Crippen LogP contribution in [0.1, 0.15) is 28.9 Å². The number of aryl methyl sites for hydroxylation is 1. The summed E-state index contributed by atoms with van der Waals surface area (Å²) < 4.78 is 0. The number of aromatic nitrogens is 1. The van der Waals surface area contributed by atoms with Gasteiger partial charge in [0, 0.05) is 11.7 Å². The molecule has 1 aliphatic rings. The van der Waals surface area contributed by atoms with Crippen molar-refractivity contribution in [3.63, 3.8) is 0 Å². The van der Waals surface area contributed by atoms with Crippen molar-refractivity contribution >= 4 is 11.8 Å². The predicted octanol–water partition coefficient (Wildman–Crippen LogP) is 2.22. The minimum absolute atomic E-state index is 0.279. The fraction of sp³-hybridized carbons (Fsp3) is 0.333. The topological polar surface area (TPSA) is 62.2 Å². The van der Waals surface area contributed by atoms with Gasteiger partial charge in [-0.15, -0.1) is 0 Å². The molecule has 0 spiro atoms. The lowest BCUT2D eigenvalue weighted by molar-refractivity contribution is 0.0696. The molecule has 0 atom stereocenters. The Hall–Kier alpha value is -1.84. The molecule has 1 aromatic rings. The molecule has 0 radical (unpaired) electrons. The Bertz CT molecular complexity index is 433. The van der Waals surface area contributed by atoms with Crippen LogP contribution >= 0.6 is 0 Å². The number of hydrogen-bond acceptors (Lipinski definition) is 3. The second-order valence-corrected chi connectivity index (χ2v) is 3.97. The van der Waals surface area contributed by atoms with Gasteiger partial charge in [0.05, 0.1) is 5.56 Å². The van der Waals surface area contributed by atoms with Gasteiger partial charge >= 0.3 is 5.97 Å². The third-order valence-electron chi connectivity index (χ3n) is 2.56. The molecule has 2 rings (SSSR count). The summed E-state index contributed by atoms with van der Waals surface area (Å²) in [6.07, 6.45) is 6.17. The van der Waals surface area contributed by atoms with E-state index in [1.165, 1.54) is 0 Å². The van der Waals surface area contributed by atoms with Crippen LogP contribution in [0.15, 0.2) is 24.3 Å². The smallest absolute Gasteiger partial charge is 0.335 e. The van der Waals surface area contributed by atoms with Gasteiger partial charge in [-0.2, -0.15) is 0 Å². The largest absolute Gasteiger partial charge is 0.478 e. The molecule has 2 N–H and O–H groups in total. The van der Waals surface area contributed by atoms with Gasteiger partial charge < -0.3 is 10.4 Å². The molecule has 0 aromatic carbocycles. The third kappa shape index (κ3) is 2.39. The number of pyridine rings is 1. The summed E-state index contributed by atoms with van der Waals surface area (Å²) in [6.45, 7) is 1.80. The Balaban J connectivity index is 2.16. The van der Waals surface area contributed by atoms with Crippen LogP contribution in [0.25, 0.3) is 0 Å². The predicted molar refractivity (Wildman–Crippen MR) is 61.7 cm³/mol. The third-order valence-corrected chi connectivity index (χ3v) is 2.56. The molecule has 4 nitrogen and oxygen atoms in total. The van der Waals surface area contributed by atoms with Crippen LogP contribution in [-0.2, 0) is 0 Å². The van der Waals surface area contributed by atoms with Gasteiger partial charge in [-0.3, -0.25) is 0 Å². The first kappa shape index (κ1) is 10.7. The fourth-order valence-electron chi connectivity index (χ4n) is 1.81. The summed E-state index contributed by atoms with van der Waals surface area (Å²) in [4.78, 5) is 15.2. The number of nitrogens with zero attached hydrogens (tertiary/aromatic N) is 1. The summed E-state index contributed by atoms with van der Waals surface area (Å²) in [5.74, 6) is -0.274. The minimum Gasteiger partial charge on any atom is -0.478 e. The maximum Gasteiger partial charge on any atom is 0.335 e. The first-order valence-corrected chi connectivity index (χ1v) is 5.28. The van der Waals surface area contributed by atoms with Crippen molar-refractivity contribution in [2.45, 2.75) is 25.8 Å². The zero-order valence-corrected chi connectivity index (χ0v) is 9.10. The van der Waals surface area contributed by atoms with Gasteiger partial charge in [-0.25, -0.2) is 9.78 Å². The molecular formula is C12H14N2O2. The highest BCUT2D eigenvalue weighted by Gasteiger charge is 2.12. The number of carboxylic acid groups (broad SMARTS) is 1. The highest BCUT2D eigenvalue weighted by molar-refractivity contribution is 5.88. The van der Waals surface area contributed by atoms with E-state index in [1.54, 1.807) is 19.1 Å². The van der Waals surface area contributed by atoms with Gasteiger partial charge in [0.15, 0.2) is 0 Å². The summed E-state index contributed by atoms with van der Waals surface area (Å²) in [5, 5.41) is 12.2. The molecule has 1 aliphatic carbocycles. The van der Waals surface area contributed by atoms with Gasteiger partial charge in [0.25, 0.3) is 0 Å². The molecule has 0 amide bonds. The molecule has 0 saturated carbocycles. The van der Waals surface area contributed by atoms with Crippen LogP contribution in [0.4, 0.5) is 5.82 Å². The lowest BCUT2D eigenvalue weighted by atomic mass is 10.2. The summed E-state index contributed by atoms with van der Waals surface area (Å²) >= 11 is 0. The SMILES string of the molecule is Cc1cc(C(=O)O)cc(NC2CC=CC2)n1. The molecule has 0 fully saturated rings. The lowest BCUT2D eigenvalue weighted by Gasteiger charge is -2.13. The molecule has 0 saturated heterocycles. The fourth-order valence-corrected chi connectivity index (χ4v) is 1.81. The quantitative estimate of drug-likeness (QED) is 0.763. The Kier molecular flexibility index (Phi) is 2.90. The summed E-state index contributed by atoms with van der Waals surface area (Å²) in [5.41, 5.74) is 0.995. The first-order chi connectivity index (χ1) is 7.65. The van der Waals surface area contributed by atoms with Crippen molar-refractivity contribution in [3.05, 3.63) is 35.5 Å². The normalized spacial score (nSPS) is 15.3. The van der Waals surface area contributed by atoms with Crippen molar-refractivity contribution in [1.82, 2.24) is 4.98 Å². The van der Waals surface area contributed by atoms with Crippen LogP contribution in [0.3, 0.4) is 0 Å². The van der Waals surface area contributed by atoms with Gasteiger partial charge in [-0.1, -0.05) is 12.2 Å². The first-order valence-electron chi connectivity index (χ1n) is 5.28. The van der Waals surface area contributed by atoms with E-state index in [4.69, 9.17) is 5.11 Å². The maximum absolute atomic E-state index is 10.9. The molecular weight excluding hydrogens is 204 g/mol. The molecule has 0 aliphatic heterocycles. The standard InChI is InChI=1S/C12H14N2O2/c1-8-6-9(12(15)16)7-11(13-8)14-10-4-2-3-5-10/h2-3,6-7,10H,4-5H2,1H3,(H,13,14)(H,15,16). The monoisotopic (exact) mass is 218 g/mol. The molecule has 1 heterocycles. The Morgan fingerprint density at radius 3 is 2.75 bits per heavy atom. The Morgan fingerprint density at radius 1 is 1.44 bits per heavy atom. The number of nitrogens with one attached hydrogen (secondary N) is 1. The second-order valence-electron chi connectivity index (χ2n) is 3.97. The van der Waals surface area contributed by atoms with Crippen molar-refractivity contribution in [1.29, 1.82) is 0 Å². The van der Waals surface area contributed by atoms with Gasteiger partial charge in [-0.05, 0) is 31.9 Å².